The van der Waals surface area contributed by atoms with Crippen LogP contribution in [0.25, 0.3) is 0 Å². The lowest BCUT2D eigenvalue weighted by Crippen LogP contribution is -2.49. The molecule has 1 aromatic carbocycles. The first-order valence-electron chi connectivity index (χ1n) is 9.94. The van der Waals surface area contributed by atoms with E-state index in [2.05, 4.69) is 43.4 Å². The van der Waals surface area contributed by atoms with Crippen LogP contribution in [0.3, 0.4) is 0 Å². The van der Waals surface area contributed by atoms with Crippen molar-refractivity contribution in [3.05, 3.63) is 29.8 Å². The highest BCUT2D eigenvalue weighted by Crippen LogP contribution is 2.46. The van der Waals surface area contributed by atoms with Gasteiger partial charge in [0.05, 0.1) is 0 Å². The number of fused-ring (bicyclic) bond motifs is 1. The summed E-state index contributed by atoms with van der Waals surface area (Å²) in [6, 6.07) is 8.50. The summed E-state index contributed by atoms with van der Waals surface area (Å²) < 4.78 is 6.48. The second-order valence-electron chi connectivity index (χ2n) is 7.43. The van der Waals surface area contributed by atoms with Crippen LogP contribution in [-0.4, -0.2) is 42.6 Å². The molecule has 4 nitrogen and oxygen atoms in total. The summed E-state index contributed by atoms with van der Waals surface area (Å²) in [5.74, 6) is 1.87. The van der Waals surface area contributed by atoms with Crippen molar-refractivity contribution < 1.29 is 9.53 Å². The Hall–Kier alpha value is -1.55. The SMILES string of the molecule is CCN(CC)C(=O)CCCC1CC2(CCNCC2)Oc2ccccc21. The first-order valence-corrected chi connectivity index (χ1v) is 9.94. The van der Waals surface area contributed by atoms with Crippen LogP contribution in [0.15, 0.2) is 24.3 Å². The van der Waals surface area contributed by atoms with Crippen LogP contribution >= 0.6 is 0 Å². The summed E-state index contributed by atoms with van der Waals surface area (Å²) in [6.07, 6.45) is 5.94. The Bertz CT molecular complexity index is 577. The smallest absolute Gasteiger partial charge is 0.222 e. The molecule has 1 N–H and O–H groups in total. The van der Waals surface area contributed by atoms with Gasteiger partial charge in [0.2, 0.25) is 5.91 Å². The molecule has 25 heavy (non-hydrogen) atoms. The summed E-state index contributed by atoms with van der Waals surface area (Å²) in [7, 11) is 0. The minimum Gasteiger partial charge on any atom is -0.487 e. The fourth-order valence-electron chi connectivity index (χ4n) is 4.42. The molecule has 0 aliphatic carbocycles. The number of nitrogens with zero attached hydrogens (tertiary/aromatic N) is 1. The maximum Gasteiger partial charge on any atom is 0.222 e. The fourth-order valence-corrected chi connectivity index (χ4v) is 4.42. The maximum absolute atomic E-state index is 12.3. The molecule has 1 aromatic rings. The molecule has 1 unspecified atom stereocenters. The Labute approximate surface area is 151 Å². The molecule has 1 fully saturated rings. The third kappa shape index (κ3) is 4.17. The minimum absolute atomic E-state index is 0.00679. The average molecular weight is 344 g/mol. The van der Waals surface area contributed by atoms with E-state index in [0.29, 0.717) is 18.2 Å². The maximum atomic E-state index is 12.3. The van der Waals surface area contributed by atoms with Gasteiger partial charge in [-0.25, -0.2) is 0 Å². The molecular formula is C21H32N2O2. The summed E-state index contributed by atoms with van der Waals surface area (Å²) in [6.45, 7) is 7.80. The predicted molar refractivity (Wildman–Crippen MR) is 101 cm³/mol. The Morgan fingerprint density at radius 1 is 1.24 bits per heavy atom. The number of amides is 1. The predicted octanol–water partition coefficient (Wildman–Crippen LogP) is 3.71. The first-order chi connectivity index (χ1) is 12.2. The highest BCUT2D eigenvalue weighted by Gasteiger charge is 2.41. The molecule has 2 aliphatic rings. The zero-order valence-corrected chi connectivity index (χ0v) is 15.7. The highest BCUT2D eigenvalue weighted by molar-refractivity contribution is 5.76. The van der Waals surface area contributed by atoms with E-state index in [1.165, 1.54) is 5.56 Å². The number of carbonyl (C=O) groups is 1. The van der Waals surface area contributed by atoms with Crippen molar-refractivity contribution in [1.29, 1.82) is 0 Å². The van der Waals surface area contributed by atoms with Crippen LogP contribution in [-0.2, 0) is 4.79 Å². The molecule has 0 saturated carbocycles. The van der Waals surface area contributed by atoms with Crippen molar-refractivity contribution in [2.75, 3.05) is 26.2 Å². The van der Waals surface area contributed by atoms with Crippen LogP contribution in [0.5, 0.6) is 5.75 Å². The monoisotopic (exact) mass is 344 g/mol. The lowest BCUT2D eigenvalue weighted by molar-refractivity contribution is -0.130. The highest BCUT2D eigenvalue weighted by atomic mass is 16.5. The van der Waals surface area contributed by atoms with Crippen molar-refractivity contribution in [3.63, 3.8) is 0 Å². The number of nitrogens with one attached hydrogen (secondary N) is 1. The molecule has 1 saturated heterocycles. The average Bonchev–Trinajstić information content (AvgIpc) is 2.63. The summed E-state index contributed by atoms with van der Waals surface area (Å²) in [4.78, 5) is 14.2. The number of para-hydroxylation sites is 1. The quantitative estimate of drug-likeness (QED) is 0.855. The number of ether oxygens (including phenoxy) is 1. The number of hydrogen-bond acceptors (Lipinski definition) is 3. The molecule has 0 bridgehead atoms. The standard InChI is InChI=1S/C21H32N2O2/c1-3-23(4-2)20(24)11-7-8-17-16-21(12-14-22-15-13-21)25-19-10-6-5-9-18(17)19/h5-6,9-10,17,22H,3-4,7-8,11-16H2,1-2H3. The largest absolute Gasteiger partial charge is 0.487 e. The van der Waals surface area contributed by atoms with E-state index in [4.69, 9.17) is 4.74 Å². The molecule has 138 valence electrons. The van der Waals surface area contributed by atoms with E-state index in [1.54, 1.807) is 0 Å². The topological polar surface area (TPSA) is 41.6 Å². The second kappa shape index (κ2) is 8.22. The van der Waals surface area contributed by atoms with Gasteiger partial charge >= 0.3 is 0 Å². The molecule has 0 aromatic heterocycles. The number of rotatable bonds is 6. The van der Waals surface area contributed by atoms with Gasteiger partial charge < -0.3 is 15.0 Å². The molecule has 1 spiro atoms. The Kier molecular flexibility index (Phi) is 6.00. The Morgan fingerprint density at radius 3 is 2.68 bits per heavy atom. The molecule has 4 heteroatoms. The summed E-state index contributed by atoms with van der Waals surface area (Å²) >= 11 is 0. The van der Waals surface area contributed by atoms with E-state index in [-0.39, 0.29) is 5.60 Å². The Morgan fingerprint density at radius 2 is 1.96 bits per heavy atom. The van der Waals surface area contributed by atoms with Gasteiger partial charge in [-0.15, -0.1) is 0 Å². The zero-order chi connectivity index (χ0) is 17.7. The number of benzene rings is 1. The van der Waals surface area contributed by atoms with Gasteiger partial charge in [0.15, 0.2) is 0 Å². The number of carbonyl (C=O) groups excluding carboxylic acids is 1. The zero-order valence-electron chi connectivity index (χ0n) is 15.7. The second-order valence-corrected chi connectivity index (χ2v) is 7.43. The van der Waals surface area contributed by atoms with Crippen molar-refractivity contribution in [3.8, 4) is 5.75 Å². The van der Waals surface area contributed by atoms with Crippen molar-refractivity contribution in [2.24, 2.45) is 0 Å². The molecule has 3 rings (SSSR count). The molecule has 2 aliphatic heterocycles. The van der Waals surface area contributed by atoms with Gasteiger partial charge in [0.25, 0.3) is 0 Å². The van der Waals surface area contributed by atoms with Crippen LogP contribution in [0.4, 0.5) is 0 Å². The number of piperidine rings is 1. The van der Waals surface area contributed by atoms with Crippen LogP contribution in [0, 0.1) is 0 Å². The fraction of sp³-hybridized carbons (Fsp3) is 0.667. The van der Waals surface area contributed by atoms with Gasteiger partial charge in [0, 0.05) is 19.5 Å². The molecular weight excluding hydrogens is 312 g/mol. The third-order valence-electron chi connectivity index (χ3n) is 5.88. The van der Waals surface area contributed by atoms with Crippen LogP contribution in [0.1, 0.15) is 63.9 Å². The van der Waals surface area contributed by atoms with Gasteiger partial charge in [-0.3, -0.25) is 4.79 Å². The van der Waals surface area contributed by atoms with E-state index < -0.39 is 0 Å². The number of hydrogen-bond donors (Lipinski definition) is 1. The third-order valence-corrected chi connectivity index (χ3v) is 5.88. The first kappa shape index (κ1) is 18.2. The molecule has 0 radical (unpaired) electrons. The Balaban J connectivity index is 1.66. The van der Waals surface area contributed by atoms with Crippen molar-refractivity contribution in [2.45, 2.75) is 63.9 Å². The van der Waals surface area contributed by atoms with Crippen molar-refractivity contribution >= 4 is 5.91 Å². The van der Waals surface area contributed by atoms with Gasteiger partial charge in [-0.1, -0.05) is 18.2 Å². The van der Waals surface area contributed by atoms with E-state index in [9.17, 15) is 4.79 Å². The van der Waals surface area contributed by atoms with E-state index >= 15 is 0 Å². The van der Waals surface area contributed by atoms with Crippen molar-refractivity contribution in [1.82, 2.24) is 10.2 Å². The van der Waals surface area contributed by atoms with Gasteiger partial charge in [-0.05, 0) is 76.6 Å². The normalized spacial score (nSPS) is 21.4. The molecule has 1 amide bonds. The summed E-state index contributed by atoms with van der Waals surface area (Å²) in [5, 5.41) is 3.45. The van der Waals surface area contributed by atoms with Gasteiger partial charge in [-0.2, -0.15) is 0 Å². The van der Waals surface area contributed by atoms with E-state index in [1.807, 2.05) is 4.90 Å². The molecule has 1 atom stereocenters. The van der Waals surface area contributed by atoms with Crippen LogP contribution < -0.4 is 10.1 Å². The van der Waals surface area contributed by atoms with Gasteiger partial charge in [0.1, 0.15) is 11.4 Å². The minimum atomic E-state index is -0.00679. The molecule has 2 heterocycles. The van der Waals surface area contributed by atoms with E-state index in [0.717, 1.165) is 64.0 Å². The lowest BCUT2D eigenvalue weighted by Gasteiger charge is -2.45. The summed E-state index contributed by atoms with van der Waals surface area (Å²) in [5.41, 5.74) is 1.33. The lowest BCUT2D eigenvalue weighted by atomic mass is 9.76. The van der Waals surface area contributed by atoms with Crippen LogP contribution in [0.2, 0.25) is 0 Å².